The van der Waals surface area contributed by atoms with Gasteiger partial charge < -0.3 is 19.7 Å². The van der Waals surface area contributed by atoms with E-state index in [1.165, 1.54) is 0 Å². The highest BCUT2D eigenvalue weighted by atomic mass is 16.5. The number of amides is 2. The average molecular weight is 398 g/mol. The number of nitrogens with one attached hydrogen (secondary N) is 1. The molecular formula is C22H26N2O5. The van der Waals surface area contributed by atoms with Crippen molar-refractivity contribution < 1.29 is 23.9 Å². The maximum absolute atomic E-state index is 12.3. The van der Waals surface area contributed by atoms with Crippen molar-refractivity contribution in [1.29, 1.82) is 0 Å². The number of hydrogen-bond donors (Lipinski definition) is 1. The van der Waals surface area contributed by atoms with Gasteiger partial charge in [-0.05, 0) is 55.8 Å². The van der Waals surface area contributed by atoms with E-state index in [9.17, 15) is 14.4 Å². The number of benzene rings is 2. The zero-order valence-electron chi connectivity index (χ0n) is 16.9. The van der Waals surface area contributed by atoms with Crippen LogP contribution in [-0.2, 0) is 20.9 Å². The summed E-state index contributed by atoms with van der Waals surface area (Å²) in [6.45, 7) is 5.16. The lowest BCUT2D eigenvalue weighted by Crippen LogP contribution is -2.30. The van der Waals surface area contributed by atoms with E-state index >= 15 is 0 Å². The van der Waals surface area contributed by atoms with E-state index in [1.807, 2.05) is 13.8 Å². The van der Waals surface area contributed by atoms with Gasteiger partial charge in [-0.3, -0.25) is 9.59 Å². The minimum atomic E-state index is -0.579. The summed E-state index contributed by atoms with van der Waals surface area (Å²) in [7, 11) is 1.59. The van der Waals surface area contributed by atoms with Gasteiger partial charge in [0.2, 0.25) is 0 Å². The highest BCUT2D eigenvalue weighted by molar-refractivity contribution is 5.97. The number of nitrogens with zero attached hydrogens (tertiary/aromatic N) is 1. The molecule has 29 heavy (non-hydrogen) atoms. The second kappa shape index (κ2) is 11.0. The van der Waals surface area contributed by atoms with Crippen molar-refractivity contribution in [1.82, 2.24) is 4.90 Å². The lowest BCUT2D eigenvalue weighted by atomic mass is 10.1. The molecule has 0 atom stereocenters. The van der Waals surface area contributed by atoms with Crippen molar-refractivity contribution in [3.63, 3.8) is 0 Å². The molecule has 0 aliphatic carbocycles. The van der Waals surface area contributed by atoms with Gasteiger partial charge >= 0.3 is 5.97 Å². The molecule has 7 heteroatoms. The fourth-order valence-corrected chi connectivity index (χ4v) is 2.70. The Kier molecular flexibility index (Phi) is 8.36. The van der Waals surface area contributed by atoms with Gasteiger partial charge in [0.25, 0.3) is 11.8 Å². The van der Waals surface area contributed by atoms with Gasteiger partial charge in [0.05, 0.1) is 12.2 Å². The molecule has 0 aliphatic heterocycles. The highest BCUT2D eigenvalue weighted by Gasteiger charge is 2.13. The zero-order chi connectivity index (χ0) is 21.2. The van der Waals surface area contributed by atoms with Crippen LogP contribution < -0.4 is 5.32 Å². The molecule has 1 N–H and O–H groups in total. The summed E-state index contributed by atoms with van der Waals surface area (Å²) < 4.78 is 10.1. The van der Waals surface area contributed by atoms with Gasteiger partial charge in [-0.25, -0.2) is 4.79 Å². The molecule has 2 aromatic rings. The molecule has 2 amide bonds. The van der Waals surface area contributed by atoms with Gasteiger partial charge in [0.15, 0.2) is 6.61 Å². The third-order valence-electron chi connectivity index (χ3n) is 4.30. The molecule has 0 aliphatic rings. The highest BCUT2D eigenvalue weighted by Crippen LogP contribution is 2.12. The molecule has 0 spiro atoms. The second-order valence-electron chi connectivity index (χ2n) is 6.31. The Hall–Kier alpha value is -3.19. The van der Waals surface area contributed by atoms with Gasteiger partial charge in [0, 0.05) is 31.5 Å². The Balaban J connectivity index is 1.85. The van der Waals surface area contributed by atoms with Gasteiger partial charge in [-0.2, -0.15) is 0 Å². The molecule has 154 valence electrons. The van der Waals surface area contributed by atoms with Crippen LogP contribution >= 0.6 is 0 Å². The summed E-state index contributed by atoms with van der Waals surface area (Å²) in [6, 6.07) is 13.4. The first-order valence-corrected chi connectivity index (χ1v) is 9.42. The lowest BCUT2D eigenvalue weighted by molar-refractivity contribution is -0.119. The van der Waals surface area contributed by atoms with Crippen molar-refractivity contribution in [3.05, 3.63) is 65.2 Å². The molecular weight excluding hydrogens is 372 g/mol. The topological polar surface area (TPSA) is 84.9 Å². The van der Waals surface area contributed by atoms with Crippen LogP contribution in [0.1, 0.15) is 40.1 Å². The predicted molar refractivity (Wildman–Crippen MR) is 110 cm³/mol. The zero-order valence-corrected chi connectivity index (χ0v) is 16.9. The van der Waals surface area contributed by atoms with Crippen molar-refractivity contribution in [2.24, 2.45) is 0 Å². The Morgan fingerprint density at radius 1 is 0.897 bits per heavy atom. The normalized spacial score (nSPS) is 10.3. The first-order valence-electron chi connectivity index (χ1n) is 9.42. The summed E-state index contributed by atoms with van der Waals surface area (Å²) in [6.07, 6.45) is 0. The molecule has 0 saturated heterocycles. The van der Waals surface area contributed by atoms with E-state index in [4.69, 9.17) is 9.47 Å². The average Bonchev–Trinajstić information content (AvgIpc) is 2.74. The first-order chi connectivity index (χ1) is 14.0. The minimum Gasteiger partial charge on any atom is -0.452 e. The summed E-state index contributed by atoms with van der Waals surface area (Å²) in [5.41, 5.74) is 2.36. The molecule has 2 rings (SSSR count). The molecule has 7 nitrogen and oxygen atoms in total. The number of ether oxygens (including phenoxy) is 2. The van der Waals surface area contributed by atoms with Crippen LogP contribution in [0, 0.1) is 0 Å². The van der Waals surface area contributed by atoms with E-state index in [2.05, 4.69) is 5.32 Å². The van der Waals surface area contributed by atoms with Crippen molar-refractivity contribution in [2.75, 3.05) is 32.1 Å². The van der Waals surface area contributed by atoms with E-state index in [0.717, 1.165) is 5.56 Å². The molecule has 2 aromatic carbocycles. The summed E-state index contributed by atoms with van der Waals surface area (Å²) in [4.78, 5) is 38.1. The van der Waals surface area contributed by atoms with Crippen LogP contribution in [0.2, 0.25) is 0 Å². The molecule has 0 heterocycles. The Bertz CT molecular complexity index is 827. The van der Waals surface area contributed by atoms with E-state index < -0.39 is 18.5 Å². The van der Waals surface area contributed by atoms with Crippen LogP contribution in [0.5, 0.6) is 0 Å². The van der Waals surface area contributed by atoms with Crippen LogP contribution in [-0.4, -0.2) is 49.5 Å². The number of carbonyl (C=O) groups is 3. The molecule has 0 fully saturated rings. The Morgan fingerprint density at radius 3 is 2.03 bits per heavy atom. The summed E-state index contributed by atoms with van der Waals surface area (Å²) in [5.74, 6) is -1.10. The number of carbonyl (C=O) groups excluding carboxylic acids is 3. The van der Waals surface area contributed by atoms with Gasteiger partial charge in [-0.15, -0.1) is 0 Å². The monoisotopic (exact) mass is 398 g/mol. The number of anilines is 1. The SMILES string of the molecule is CCN(CC)C(=O)c1ccc(NC(=O)COC(=O)c2ccc(COC)cc2)cc1. The number of hydrogen-bond acceptors (Lipinski definition) is 5. The fourth-order valence-electron chi connectivity index (χ4n) is 2.70. The van der Waals surface area contributed by atoms with Crippen molar-refractivity contribution in [2.45, 2.75) is 20.5 Å². The molecule has 0 radical (unpaired) electrons. The number of esters is 1. The standard InChI is InChI=1S/C22H26N2O5/c1-4-24(5-2)21(26)17-10-12-19(13-11-17)23-20(25)15-29-22(27)18-8-6-16(7-9-18)14-28-3/h6-13H,4-5,14-15H2,1-3H3,(H,23,25). The van der Waals surface area contributed by atoms with Gasteiger partial charge in [0.1, 0.15) is 0 Å². The van der Waals surface area contributed by atoms with Crippen LogP contribution in [0.15, 0.2) is 48.5 Å². The molecule has 0 saturated carbocycles. The van der Waals surface area contributed by atoms with E-state index in [-0.39, 0.29) is 5.91 Å². The van der Waals surface area contributed by atoms with E-state index in [1.54, 1.807) is 60.5 Å². The largest absolute Gasteiger partial charge is 0.452 e. The number of methoxy groups -OCH3 is 1. The third-order valence-corrected chi connectivity index (χ3v) is 4.30. The third kappa shape index (κ3) is 6.43. The van der Waals surface area contributed by atoms with Crippen LogP contribution in [0.3, 0.4) is 0 Å². The number of rotatable bonds is 9. The molecule has 0 aromatic heterocycles. The Labute approximate surface area is 170 Å². The second-order valence-corrected chi connectivity index (χ2v) is 6.31. The summed E-state index contributed by atoms with van der Waals surface area (Å²) >= 11 is 0. The fraction of sp³-hybridized carbons (Fsp3) is 0.318. The van der Waals surface area contributed by atoms with E-state index in [0.29, 0.717) is 36.5 Å². The van der Waals surface area contributed by atoms with Crippen LogP contribution in [0.25, 0.3) is 0 Å². The van der Waals surface area contributed by atoms with Crippen molar-refractivity contribution >= 4 is 23.5 Å². The van der Waals surface area contributed by atoms with Crippen molar-refractivity contribution in [3.8, 4) is 0 Å². The summed E-state index contributed by atoms with van der Waals surface area (Å²) in [5, 5.41) is 2.64. The maximum Gasteiger partial charge on any atom is 0.338 e. The smallest absolute Gasteiger partial charge is 0.338 e. The lowest BCUT2D eigenvalue weighted by Gasteiger charge is -2.18. The maximum atomic E-state index is 12.3. The van der Waals surface area contributed by atoms with Gasteiger partial charge in [-0.1, -0.05) is 12.1 Å². The Morgan fingerprint density at radius 2 is 1.48 bits per heavy atom. The van der Waals surface area contributed by atoms with Crippen LogP contribution in [0.4, 0.5) is 5.69 Å². The quantitative estimate of drug-likeness (QED) is 0.656. The minimum absolute atomic E-state index is 0.0571. The predicted octanol–water partition coefficient (Wildman–Crippen LogP) is 3.11. The molecule has 0 unspecified atom stereocenters. The molecule has 0 bridgehead atoms. The first kappa shape index (κ1) is 22.1.